The van der Waals surface area contributed by atoms with Gasteiger partial charge in [0.05, 0.1) is 19.3 Å². The van der Waals surface area contributed by atoms with Crippen molar-refractivity contribution < 1.29 is 9.47 Å². The highest BCUT2D eigenvalue weighted by Gasteiger charge is 2.19. The Morgan fingerprint density at radius 2 is 1.76 bits per heavy atom. The third kappa shape index (κ3) is 2.49. The molecular formula is C16H14ClNO2S. The Morgan fingerprint density at radius 1 is 1.05 bits per heavy atom. The van der Waals surface area contributed by atoms with Gasteiger partial charge in [0.15, 0.2) is 6.29 Å². The van der Waals surface area contributed by atoms with Crippen LogP contribution in [-0.4, -0.2) is 13.2 Å². The van der Waals surface area contributed by atoms with Crippen LogP contribution in [0, 0.1) is 0 Å². The van der Waals surface area contributed by atoms with Crippen LogP contribution in [0.4, 0.5) is 0 Å². The molecular weight excluding hydrogens is 306 g/mol. The molecule has 1 fully saturated rings. The van der Waals surface area contributed by atoms with Crippen LogP contribution >= 0.6 is 22.9 Å². The van der Waals surface area contributed by atoms with Crippen LogP contribution in [0.3, 0.4) is 0 Å². The molecule has 4 rings (SSSR count). The van der Waals surface area contributed by atoms with Gasteiger partial charge in [-0.1, -0.05) is 35.9 Å². The average Bonchev–Trinajstić information content (AvgIpc) is 3.19. The summed E-state index contributed by atoms with van der Waals surface area (Å²) < 4.78 is 12.2. The van der Waals surface area contributed by atoms with E-state index in [4.69, 9.17) is 21.1 Å². The minimum absolute atomic E-state index is 0.100. The predicted molar refractivity (Wildman–Crippen MR) is 84.3 cm³/mol. The fraction of sp³-hybridized carbons (Fsp3) is 0.250. The summed E-state index contributed by atoms with van der Waals surface area (Å²) in [6, 6.07) is 10.4. The molecule has 0 aliphatic carbocycles. The molecule has 2 aromatic rings. The van der Waals surface area contributed by atoms with Crippen molar-refractivity contribution in [3.05, 3.63) is 56.6 Å². The fourth-order valence-corrected chi connectivity index (χ4v) is 3.83. The molecule has 1 saturated heterocycles. The molecule has 1 atom stereocenters. The Balaban J connectivity index is 1.63. The van der Waals surface area contributed by atoms with E-state index in [0.29, 0.717) is 18.4 Å². The summed E-state index contributed by atoms with van der Waals surface area (Å²) in [7, 11) is 0. The summed E-state index contributed by atoms with van der Waals surface area (Å²) in [4.78, 5) is 0. The standard InChI is InChI=1S/C16H14ClNO2S/c17-15-12-5-8-21-14(12)9-13(18-15)10-1-3-11(4-2-10)16-19-6-7-20-16/h1-5,8-9,13,16,18H,6-7H2. The van der Waals surface area contributed by atoms with Crippen molar-refractivity contribution in [1.29, 1.82) is 0 Å². The molecule has 1 N–H and O–H groups in total. The van der Waals surface area contributed by atoms with Crippen molar-refractivity contribution in [2.75, 3.05) is 13.2 Å². The van der Waals surface area contributed by atoms with Gasteiger partial charge in [0, 0.05) is 15.3 Å². The number of hydrogen-bond donors (Lipinski definition) is 1. The molecule has 1 unspecified atom stereocenters. The van der Waals surface area contributed by atoms with Crippen LogP contribution in [0.2, 0.25) is 0 Å². The van der Waals surface area contributed by atoms with Crippen molar-refractivity contribution in [3.63, 3.8) is 0 Å². The molecule has 0 amide bonds. The summed E-state index contributed by atoms with van der Waals surface area (Å²) >= 11 is 8.03. The second-order valence-electron chi connectivity index (χ2n) is 5.04. The summed E-state index contributed by atoms with van der Waals surface area (Å²) in [5.74, 6) is 0. The van der Waals surface area contributed by atoms with Crippen molar-refractivity contribution in [1.82, 2.24) is 5.32 Å². The smallest absolute Gasteiger partial charge is 0.184 e. The first-order valence-corrected chi connectivity index (χ1v) is 8.12. The second-order valence-corrected chi connectivity index (χ2v) is 6.37. The molecule has 1 aromatic heterocycles. The minimum atomic E-state index is -0.221. The van der Waals surface area contributed by atoms with Crippen LogP contribution in [0.1, 0.15) is 23.5 Å². The quantitative estimate of drug-likeness (QED) is 0.861. The molecule has 0 radical (unpaired) electrons. The zero-order chi connectivity index (χ0) is 14.2. The number of halogens is 1. The van der Waals surface area contributed by atoms with E-state index in [-0.39, 0.29) is 12.3 Å². The van der Waals surface area contributed by atoms with Crippen molar-refractivity contribution in [2.24, 2.45) is 0 Å². The Hall–Kier alpha value is -1.33. The van der Waals surface area contributed by atoms with E-state index in [1.165, 1.54) is 10.1 Å². The zero-order valence-electron chi connectivity index (χ0n) is 11.2. The third-order valence-electron chi connectivity index (χ3n) is 3.72. The van der Waals surface area contributed by atoms with Gasteiger partial charge in [-0.2, -0.15) is 0 Å². The summed E-state index contributed by atoms with van der Waals surface area (Å²) in [6.45, 7) is 1.33. The van der Waals surface area contributed by atoms with Crippen LogP contribution in [0.25, 0.3) is 11.2 Å². The van der Waals surface area contributed by atoms with E-state index in [1.54, 1.807) is 11.3 Å². The molecule has 5 heteroatoms. The largest absolute Gasteiger partial charge is 0.365 e. The molecule has 108 valence electrons. The van der Waals surface area contributed by atoms with Gasteiger partial charge in [0.2, 0.25) is 0 Å². The lowest BCUT2D eigenvalue weighted by molar-refractivity contribution is -0.0441. The Morgan fingerprint density at radius 3 is 2.52 bits per heavy atom. The van der Waals surface area contributed by atoms with Gasteiger partial charge in [-0.3, -0.25) is 0 Å². The highest BCUT2D eigenvalue weighted by atomic mass is 35.5. The highest BCUT2D eigenvalue weighted by molar-refractivity contribution is 7.07. The van der Waals surface area contributed by atoms with Gasteiger partial charge in [-0.05, 0) is 23.1 Å². The molecule has 0 bridgehead atoms. The lowest BCUT2D eigenvalue weighted by Crippen LogP contribution is -2.34. The molecule has 3 nitrogen and oxygen atoms in total. The third-order valence-corrected chi connectivity index (χ3v) is 4.92. The summed E-state index contributed by atoms with van der Waals surface area (Å²) in [5.41, 5.74) is 2.23. The average molecular weight is 320 g/mol. The fourth-order valence-electron chi connectivity index (χ4n) is 2.63. The molecule has 3 heterocycles. The van der Waals surface area contributed by atoms with Crippen LogP contribution in [0.15, 0.2) is 35.7 Å². The number of ether oxygens (including phenoxy) is 2. The van der Waals surface area contributed by atoms with Crippen molar-refractivity contribution in [3.8, 4) is 0 Å². The number of benzene rings is 1. The van der Waals surface area contributed by atoms with Crippen molar-refractivity contribution in [2.45, 2.75) is 12.3 Å². The van der Waals surface area contributed by atoms with E-state index in [9.17, 15) is 0 Å². The molecule has 2 aliphatic rings. The van der Waals surface area contributed by atoms with E-state index < -0.39 is 0 Å². The van der Waals surface area contributed by atoms with Crippen LogP contribution < -0.4 is 15.1 Å². The molecule has 0 spiro atoms. The SMILES string of the molecule is ClC1=c2ccsc2=CC(c2ccc(C3OCCO3)cc2)N1. The van der Waals surface area contributed by atoms with E-state index in [1.807, 2.05) is 6.07 Å². The lowest BCUT2D eigenvalue weighted by atomic mass is 10.0. The lowest BCUT2D eigenvalue weighted by Gasteiger charge is -2.19. The number of rotatable bonds is 2. The Kier molecular flexibility index (Phi) is 3.47. The maximum Gasteiger partial charge on any atom is 0.184 e. The predicted octanol–water partition coefficient (Wildman–Crippen LogP) is 2.22. The molecule has 21 heavy (non-hydrogen) atoms. The topological polar surface area (TPSA) is 30.5 Å². The summed E-state index contributed by atoms with van der Waals surface area (Å²) in [6.07, 6.45) is 1.99. The highest BCUT2D eigenvalue weighted by Crippen LogP contribution is 2.26. The van der Waals surface area contributed by atoms with Gasteiger partial charge < -0.3 is 14.8 Å². The molecule has 0 saturated carbocycles. The van der Waals surface area contributed by atoms with Gasteiger partial charge >= 0.3 is 0 Å². The van der Waals surface area contributed by atoms with Crippen LogP contribution in [-0.2, 0) is 9.47 Å². The Bertz CT molecular complexity index is 762. The molecule has 1 aromatic carbocycles. The van der Waals surface area contributed by atoms with Gasteiger partial charge in [-0.25, -0.2) is 0 Å². The van der Waals surface area contributed by atoms with Crippen molar-refractivity contribution >= 4 is 34.2 Å². The second kappa shape index (κ2) is 5.46. The van der Waals surface area contributed by atoms with E-state index >= 15 is 0 Å². The monoisotopic (exact) mass is 319 g/mol. The van der Waals surface area contributed by atoms with E-state index in [0.717, 1.165) is 10.8 Å². The summed E-state index contributed by atoms with van der Waals surface area (Å²) in [5, 5.41) is 7.19. The van der Waals surface area contributed by atoms with E-state index in [2.05, 4.69) is 41.0 Å². The van der Waals surface area contributed by atoms with Gasteiger partial charge in [-0.15, -0.1) is 11.3 Å². The number of fused-ring (bicyclic) bond motifs is 1. The number of thiophene rings is 1. The first kappa shape index (κ1) is 13.3. The Labute approximate surface area is 131 Å². The number of hydrogen-bond acceptors (Lipinski definition) is 4. The van der Waals surface area contributed by atoms with Crippen LogP contribution in [0.5, 0.6) is 0 Å². The zero-order valence-corrected chi connectivity index (χ0v) is 12.8. The minimum Gasteiger partial charge on any atom is -0.365 e. The maximum atomic E-state index is 6.32. The normalized spacial score (nSPS) is 21.8. The maximum absolute atomic E-state index is 6.32. The molecule has 2 aliphatic heterocycles. The first-order chi connectivity index (χ1) is 10.3. The first-order valence-electron chi connectivity index (χ1n) is 6.86. The van der Waals surface area contributed by atoms with Gasteiger partial charge in [0.1, 0.15) is 5.16 Å². The number of nitrogens with one attached hydrogen (secondary N) is 1. The van der Waals surface area contributed by atoms with Gasteiger partial charge in [0.25, 0.3) is 0 Å².